The van der Waals surface area contributed by atoms with E-state index in [4.69, 9.17) is 0 Å². The van der Waals surface area contributed by atoms with E-state index in [1.165, 1.54) is 29.3 Å². The van der Waals surface area contributed by atoms with E-state index in [1.54, 1.807) is 0 Å². The minimum atomic E-state index is 0.607. The molecular formula is C15H15N. The molecule has 1 heteroatoms. The van der Waals surface area contributed by atoms with Crippen LogP contribution < -0.4 is 0 Å². The van der Waals surface area contributed by atoms with Crippen LogP contribution >= 0.6 is 0 Å². The molecule has 0 unspecified atom stereocenters. The van der Waals surface area contributed by atoms with Gasteiger partial charge in [0.25, 0.3) is 0 Å². The van der Waals surface area contributed by atoms with Gasteiger partial charge in [0.15, 0.2) is 0 Å². The summed E-state index contributed by atoms with van der Waals surface area (Å²) in [5.41, 5.74) is 1.28. The Hall–Kier alpha value is -1.63. The van der Waals surface area contributed by atoms with Crippen molar-refractivity contribution in [2.45, 2.75) is 25.2 Å². The van der Waals surface area contributed by atoms with Crippen LogP contribution in [0.15, 0.2) is 48.7 Å². The lowest BCUT2D eigenvalue weighted by molar-refractivity contribution is 0.606. The molecule has 1 heterocycles. The molecule has 1 aromatic carbocycles. The Labute approximate surface area is 95.8 Å². The summed E-state index contributed by atoms with van der Waals surface area (Å²) in [6.07, 6.45) is 10.1. The molecule has 1 nitrogen and oxygen atoms in total. The monoisotopic (exact) mass is 209 g/mol. The lowest BCUT2D eigenvalue weighted by atomic mass is 9.89. The van der Waals surface area contributed by atoms with Gasteiger partial charge < -0.3 is 0 Å². The summed E-state index contributed by atoms with van der Waals surface area (Å²) in [7, 11) is 0. The molecule has 1 atom stereocenters. The number of allylic oxidation sites excluding steroid dienone is 2. The largest absolute Gasteiger partial charge is 0.260 e. The van der Waals surface area contributed by atoms with Gasteiger partial charge in [0, 0.05) is 17.5 Å². The molecule has 2 aromatic rings. The Bertz CT molecular complexity index is 522. The Morgan fingerprint density at radius 2 is 2.00 bits per heavy atom. The fourth-order valence-corrected chi connectivity index (χ4v) is 2.51. The minimum Gasteiger partial charge on any atom is -0.260 e. The first-order valence-corrected chi connectivity index (χ1v) is 5.94. The van der Waals surface area contributed by atoms with Crippen LogP contribution in [0.5, 0.6) is 0 Å². The summed E-state index contributed by atoms with van der Waals surface area (Å²) in [6, 6.07) is 10.6. The van der Waals surface area contributed by atoms with Crippen LogP contribution in [0.1, 0.15) is 30.9 Å². The lowest BCUT2D eigenvalue weighted by Crippen LogP contribution is -2.03. The highest BCUT2D eigenvalue weighted by atomic mass is 14.7. The van der Waals surface area contributed by atoms with Gasteiger partial charge in [-0.25, -0.2) is 0 Å². The number of fused-ring (bicyclic) bond motifs is 1. The lowest BCUT2D eigenvalue weighted by Gasteiger charge is -2.18. The molecule has 1 aromatic heterocycles. The first-order valence-electron chi connectivity index (χ1n) is 5.94. The fourth-order valence-electron chi connectivity index (χ4n) is 2.51. The molecule has 0 spiro atoms. The van der Waals surface area contributed by atoms with E-state index < -0.39 is 0 Å². The Morgan fingerprint density at radius 3 is 2.88 bits per heavy atom. The summed E-state index contributed by atoms with van der Waals surface area (Å²) < 4.78 is 0. The first-order chi connectivity index (χ1) is 7.95. The van der Waals surface area contributed by atoms with Gasteiger partial charge in [0.2, 0.25) is 0 Å². The van der Waals surface area contributed by atoms with Crippen molar-refractivity contribution in [3.05, 3.63) is 54.4 Å². The zero-order chi connectivity index (χ0) is 10.8. The van der Waals surface area contributed by atoms with E-state index in [1.807, 2.05) is 6.20 Å². The van der Waals surface area contributed by atoms with Gasteiger partial charge in [-0.3, -0.25) is 4.98 Å². The van der Waals surface area contributed by atoms with Crippen LogP contribution in [-0.2, 0) is 0 Å². The van der Waals surface area contributed by atoms with Gasteiger partial charge >= 0.3 is 0 Å². The molecule has 80 valence electrons. The third-order valence-corrected chi connectivity index (χ3v) is 3.36. The third-order valence-electron chi connectivity index (χ3n) is 3.36. The third kappa shape index (κ3) is 1.63. The molecule has 0 amide bonds. The quantitative estimate of drug-likeness (QED) is 0.645. The molecule has 0 aliphatic heterocycles. The van der Waals surface area contributed by atoms with E-state index in [2.05, 4.69) is 47.5 Å². The van der Waals surface area contributed by atoms with Gasteiger partial charge in [0.05, 0.1) is 5.69 Å². The standard InChI is InChI=1S/C15H15N/c1-2-7-13(8-3-1)15-14-9-5-4-6-12(14)10-11-16-15/h1-2,4-6,9-11,13H,3,7-8H2/t13-/m0/s1. The molecule has 0 radical (unpaired) electrons. The van der Waals surface area contributed by atoms with E-state index in [-0.39, 0.29) is 0 Å². The maximum atomic E-state index is 4.60. The molecule has 1 aliphatic carbocycles. The minimum absolute atomic E-state index is 0.607. The molecule has 0 bridgehead atoms. The van der Waals surface area contributed by atoms with Crippen molar-refractivity contribution in [1.82, 2.24) is 4.98 Å². The van der Waals surface area contributed by atoms with Gasteiger partial charge in [-0.15, -0.1) is 0 Å². The molecule has 0 fully saturated rings. The van der Waals surface area contributed by atoms with Crippen LogP contribution in [0, 0.1) is 0 Å². The maximum absolute atomic E-state index is 4.60. The summed E-state index contributed by atoms with van der Waals surface area (Å²) >= 11 is 0. The van der Waals surface area contributed by atoms with Crippen molar-refractivity contribution < 1.29 is 0 Å². The van der Waals surface area contributed by atoms with Crippen LogP contribution in [0.3, 0.4) is 0 Å². The first kappa shape index (κ1) is 9.59. The second-order valence-electron chi connectivity index (χ2n) is 4.40. The van der Waals surface area contributed by atoms with Gasteiger partial charge in [0.1, 0.15) is 0 Å². The predicted octanol–water partition coefficient (Wildman–Crippen LogP) is 4.06. The smallest absolute Gasteiger partial charge is 0.0515 e. The number of hydrogen-bond donors (Lipinski definition) is 0. The Morgan fingerprint density at radius 1 is 1.06 bits per heavy atom. The summed E-state index contributed by atoms with van der Waals surface area (Å²) in [5.74, 6) is 0.607. The van der Waals surface area contributed by atoms with Crippen LogP contribution in [0.25, 0.3) is 10.8 Å². The van der Waals surface area contributed by atoms with E-state index in [9.17, 15) is 0 Å². The normalized spacial score (nSPS) is 20.1. The molecular weight excluding hydrogens is 194 g/mol. The second-order valence-corrected chi connectivity index (χ2v) is 4.40. The number of aromatic nitrogens is 1. The zero-order valence-corrected chi connectivity index (χ0v) is 9.26. The van der Waals surface area contributed by atoms with Crippen molar-refractivity contribution in [3.8, 4) is 0 Å². The molecule has 1 aliphatic rings. The van der Waals surface area contributed by atoms with Crippen molar-refractivity contribution in [3.63, 3.8) is 0 Å². The van der Waals surface area contributed by atoms with E-state index >= 15 is 0 Å². The number of pyridine rings is 1. The van der Waals surface area contributed by atoms with Crippen LogP contribution in [-0.4, -0.2) is 4.98 Å². The van der Waals surface area contributed by atoms with Crippen LogP contribution in [0.4, 0.5) is 0 Å². The Kier molecular flexibility index (Phi) is 2.45. The van der Waals surface area contributed by atoms with Crippen molar-refractivity contribution in [1.29, 1.82) is 0 Å². The van der Waals surface area contributed by atoms with Gasteiger partial charge in [-0.05, 0) is 30.7 Å². The molecule has 0 saturated carbocycles. The fraction of sp³-hybridized carbons (Fsp3) is 0.267. The molecule has 0 N–H and O–H groups in total. The number of hydrogen-bond acceptors (Lipinski definition) is 1. The van der Waals surface area contributed by atoms with Crippen LogP contribution in [0.2, 0.25) is 0 Å². The van der Waals surface area contributed by atoms with E-state index in [0.717, 1.165) is 6.42 Å². The molecule has 3 rings (SSSR count). The summed E-state index contributed by atoms with van der Waals surface area (Å²) in [5, 5.41) is 2.63. The number of nitrogens with zero attached hydrogens (tertiary/aromatic N) is 1. The summed E-state index contributed by atoms with van der Waals surface area (Å²) in [4.78, 5) is 4.60. The average Bonchev–Trinajstić information content (AvgIpc) is 2.39. The molecule has 0 saturated heterocycles. The average molecular weight is 209 g/mol. The summed E-state index contributed by atoms with van der Waals surface area (Å²) in [6.45, 7) is 0. The van der Waals surface area contributed by atoms with E-state index in [0.29, 0.717) is 5.92 Å². The highest BCUT2D eigenvalue weighted by Gasteiger charge is 2.15. The SMILES string of the molecule is C1=CC[C@H](c2nccc3ccccc23)CC1. The number of rotatable bonds is 1. The molecule has 16 heavy (non-hydrogen) atoms. The number of benzene rings is 1. The predicted molar refractivity (Wildman–Crippen MR) is 67.5 cm³/mol. The van der Waals surface area contributed by atoms with Gasteiger partial charge in [-0.2, -0.15) is 0 Å². The topological polar surface area (TPSA) is 12.9 Å². The van der Waals surface area contributed by atoms with Crippen molar-refractivity contribution in [2.75, 3.05) is 0 Å². The maximum Gasteiger partial charge on any atom is 0.0515 e. The second kappa shape index (κ2) is 4.09. The van der Waals surface area contributed by atoms with Crippen molar-refractivity contribution in [2.24, 2.45) is 0 Å². The highest BCUT2D eigenvalue weighted by Crippen LogP contribution is 2.31. The highest BCUT2D eigenvalue weighted by molar-refractivity contribution is 5.84. The zero-order valence-electron chi connectivity index (χ0n) is 9.26. The van der Waals surface area contributed by atoms with Crippen molar-refractivity contribution >= 4 is 10.8 Å². The van der Waals surface area contributed by atoms with Gasteiger partial charge in [-0.1, -0.05) is 36.4 Å². The Balaban J connectivity index is 2.12.